The third kappa shape index (κ3) is 4.09. The average molecular weight is 395 g/mol. The first-order chi connectivity index (χ1) is 13.6. The summed E-state index contributed by atoms with van der Waals surface area (Å²) in [6, 6.07) is 12.3. The molecule has 2 heterocycles. The number of carbonyl (C=O) groups is 1. The third-order valence-electron chi connectivity index (χ3n) is 5.30. The van der Waals surface area contributed by atoms with Crippen molar-refractivity contribution in [1.29, 1.82) is 0 Å². The average Bonchev–Trinajstić information content (AvgIpc) is 3.04. The lowest BCUT2D eigenvalue weighted by molar-refractivity contribution is -0.137. The number of aromatic nitrogens is 3. The molecule has 144 valence electrons. The van der Waals surface area contributed by atoms with Crippen LogP contribution in [0.2, 0.25) is 5.02 Å². The van der Waals surface area contributed by atoms with Gasteiger partial charge in [-0.3, -0.25) is 14.5 Å². The molecule has 1 aliphatic rings. The van der Waals surface area contributed by atoms with E-state index in [-0.39, 0.29) is 11.8 Å². The molecule has 0 saturated carbocycles. The Balaban J connectivity index is 1.57. The number of hydrogen-bond acceptors (Lipinski definition) is 3. The van der Waals surface area contributed by atoms with Crippen molar-refractivity contribution in [3.8, 4) is 0 Å². The van der Waals surface area contributed by atoms with Crippen molar-refractivity contribution in [3.05, 3.63) is 82.4 Å². The first-order valence-electron chi connectivity index (χ1n) is 9.52. The lowest BCUT2D eigenvalue weighted by atomic mass is 9.83. The van der Waals surface area contributed by atoms with E-state index in [1.807, 2.05) is 30.1 Å². The Morgan fingerprint density at radius 3 is 2.75 bits per heavy atom. The van der Waals surface area contributed by atoms with Gasteiger partial charge in [-0.25, -0.2) is 0 Å². The van der Waals surface area contributed by atoms with Crippen LogP contribution >= 0.6 is 11.6 Å². The molecule has 0 bridgehead atoms. The van der Waals surface area contributed by atoms with E-state index < -0.39 is 0 Å². The van der Waals surface area contributed by atoms with Gasteiger partial charge in [-0.15, -0.1) is 0 Å². The SMILES string of the molecule is Cn1cc(Cl)c(CN(Cc2cccnc2)C(=O)[C@@H]2CCc3ccccc3C2)n1. The highest BCUT2D eigenvalue weighted by molar-refractivity contribution is 6.31. The third-order valence-corrected chi connectivity index (χ3v) is 5.61. The molecule has 0 saturated heterocycles. The first-order valence-corrected chi connectivity index (χ1v) is 9.90. The topological polar surface area (TPSA) is 51.0 Å². The predicted octanol–water partition coefficient (Wildman–Crippen LogP) is 3.80. The second kappa shape index (κ2) is 8.15. The smallest absolute Gasteiger partial charge is 0.226 e. The number of carbonyl (C=O) groups excluding carboxylic acids is 1. The highest BCUT2D eigenvalue weighted by Crippen LogP contribution is 2.28. The fraction of sp³-hybridized carbons (Fsp3) is 0.318. The lowest BCUT2D eigenvalue weighted by Gasteiger charge is -2.30. The molecule has 1 aliphatic carbocycles. The minimum Gasteiger partial charge on any atom is -0.332 e. The van der Waals surface area contributed by atoms with E-state index >= 15 is 0 Å². The molecule has 5 nitrogen and oxygen atoms in total. The Kier molecular flexibility index (Phi) is 5.44. The number of benzene rings is 1. The Bertz CT molecular complexity index is 970. The van der Waals surface area contributed by atoms with E-state index in [0.717, 1.165) is 30.5 Å². The molecule has 0 radical (unpaired) electrons. The molecule has 4 rings (SSSR count). The summed E-state index contributed by atoms with van der Waals surface area (Å²) in [5.74, 6) is 0.133. The number of rotatable bonds is 5. The van der Waals surface area contributed by atoms with Crippen LogP contribution in [0.1, 0.15) is 28.8 Å². The van der Waals surface area contributed by atoms with Gasteiger partial charge in [0, 0.05) is 38.1 Å². The van der Waals surface area contributed by atoms with Gasteiger partial charge in [0.05, 0.1) is 11.6 Å². The number of amides is 1. The minimum absolute atomic E-state index is 0.0194. The van der Waals surface area contributed by atoms with E-state index in [9.17, 15) is 4.79 Å². The maximum absolute atomic E-state index is 13.5. The van der Waals surface area contributed by atoms with Gasteiger partial charge in [0.2, 0.25) is 5.91 Å². The zero-order chi connectivity index (χ0) is 19.5. The van der Waals surface area contributed by atoms with Crippen LogP contribution in [-0.2, 0) is 37.8 Å². The summed E-state index contributed by atoms with van der Waals surface area (Å²) in [5, 5.41) is 5.01. The zero-order valence-electron chi connectivity index (χ0n) is 15.9. The highest BCUT2D eigenvalue weighted by atomic mass is 35.5. The van der Waals surface area contributed by atoms with Crippen molar-refractivity contribution in [1.82, 2.24) is 19.7 Å². The van der Waals surface area contributed by atoms with Crippen molar-refractivity contribution in [2.75, 3.05) is 0 Å². The molecule has 0 aliphatic heterocycles. The van der Waals surface area contributed by atoms with Crippen LogP contribution in [0.5, 0.6) is 0 Å². The Morgan fingerprint density at radius 1 is 1.21 bits per heavy atom. The fourth-order valence-corrected chi connectivity index (χ4v) is 4.12. The molecule has 0 spiro atoms. The number of nitrogens with zero attached hydrogens (tertiary/aromatic N) is 4. The molecule has 28 heavy (non-hydrogen) atoms. The Morgan fingerprint density at radius 2 is 2.04 bits per heavy atom. The van der Waals surface area contributed by atoms with Crippen LogP contribution in [0.3, 0.4) is 0 Å². The summed E-state index contributed by atoms with van der Waals surface area (Å²) >= 11 is 6.32. The molecule has 2 aromatic heterocycles. The van der Waals surface area contributed by atoms with Gasteiger partial charge >= 0.3 is 0 Å². The maximum Gasteiger partial charge on any atom is 0.226 e. The Hall–Kier alpha value is -2.66. The second-order valence-corrected chi connectivity index (χ2v) is 7.77. The van der Waals surface area contributed by atoms with Crippen molar-refractivity contribution >= 4 is 17.5 Å². The van der Waals surface area contributed by atoms with Gasteiger partial charge < -0.3 is 4.90 Å². The molecule has 0 N–H and O–H groups in total. The van der Waals surface area contributed by atoms with E-state index in [4.69, 9.17) is 11.6 Å². The zero-order valence-corrected chi connectivity index (χ0v) is 16.6. The van der Waals surface area contributed by atoms with Gasteiger partial charge in [-0.2, -0.15) is 5.10 Å². The highest BCUT2D eigenvalue weighted by Gasteiger charge is 2.29. The van der Waals surface area contributed by atoms with Crippen LogP contribution in [0.25, 0.3) is 0 Å². The minimum atomic E-state index is -0.0194. The molecule has 0 unspecified atom stereocenters. The summed E-state index contributed by atoms with van der Waals surface area (Å²) in [6.45, 7) is 0.892. The van der Waals surface area contributed by atoms with Crippen molar-refractivity contribution < 1.29 is 4.79 Å². The van der Waals surface area contributed by atoms with Gasteiger partial charge in [-0.05, 0) is 42.0 Å². The molecule has 1 aromatic carbocycles. The summed E-state index contributed by atoms with van der Waals surface area (Å²) in [4.78, 5) is 19.5. The number of halogens is 1. The van der Waals surface area contributed by atoms with Crippen LogP contribution in [0.15, 0.2) is 55.0 Å². The summed E-state index contributed by atoms with van der Waals surface area (Å²) in [5.41, 5.74) is 4.36. The molecular weight excluding hydrogens is 372 g/mol. The van der Waals surface area contributed by atoms with E-state index in [0.29, 0.717) is 18.1 Å². The van der Waals surface area contributed by atoms with Crippen LogP contribution < -0.4 is 0 Å². The second-order valence-electron chi connectivity index (χ2n) is 7.36. The molecule has 1 amide bonds. The van der Waals surface area contributed by atoms with Crippen molar-refractivity contribution in [2.24, 2.45) is 13.0 Å². The molecule has 0 fully saturated rings. The first kappa shape index (κ1) is 18.7. The standard InChI is InChI=1S/C22H23ClN4O/c1-26-14-20(23)21(25-26)15-27(13-16-5-4-10-24-12-16)22(28)19-9-8-17-6-2-3-7-18(17)11-19/h2-7,10,12,14,19H,8-9,11,13,15H2,1H3/t19-/m1/s1. The maximum atomic E-state index is 13.5. The summed E-state index contributed by atoms with van der Waals surface area (Å²) < 4.78 is 1.68. The monoisotopic (exact) mass is 394 g/mol. The van der Waals surface area contributed by atoms with Crippen molar-refractivity contribution in [2.45, 2.75) is 32.4 Å². The van der Waals surface area contributed by atoms with Crippen LogP contribution in [0, 0.1) is 5.92 Å². The molecular formula is C22H23ClN4O. The van der Waals surface area contributed by atoms with Crippen LogP contribution in [-0.4, -0.2) is 25.6 Å². The number of pyridine rings is 1. The summed E-state index contributed by atoms with van der Waals surface area (Å²) in [7, 11) is 1.83. The quantitative estimate of drug-likeness (QED) is 0.661. The number of hydrogen-bond donors (Lipinski definition) is 0. The molecule has 6 heteroatoms. The Labute approximate surface area is 170 Å². The molecule has 1 atom stereocenters. The normalized spacial score (nSPS) is 15.9. The van der Waals surface area contributed by atoms with Gasteiger partial charge in [0.25, 0.3) is 0 Å². The van der Waals surface area contributed by atoms with Gasteiger partial charge in [-0.1, -0.05) is 41.9 Å². The molecule has 3 aromatic rings. The van der Waals surface area contributed by atoms with Gasteiger partial charge in [0.1, 0.15) is 5.69 Å². The lowest BCUT2D eigenvalue weighted by Crippen LogP contribution is -2.38. The van der Waals surface area contributed by atoms with E-state index in [2.05, 4.69) is 28.3 Å². The van der Waals surface area contributed by atoms with E-state index in [1.165, 1.54) is 11.1 Å². The van der Waals surface area contributed by atoms with E-state index in [1.54, 1.807) is 23.3 Å². The summed E-state index contributed by atoms with van der Waals surface area (Å²) in [6.07, 6.45) is 7.90. The van der Waals surface area contributed by atoms with Crippen molar-refractivity contribution in [3.63, 3.8) is 0 Å². The number of fused-ring (bicyclic) bond motifs is 1. The largest absolute Gasteiger partial charge is 0.332 e. The predicted molar refractivity (Wildman–Crippen MR) is 109 cm³/mol. The number of aryl methyl sites for hydroxylation is 2. The fourth-order valence-electron chi connectivity index (χ4n) is 3.88. The van der Waals surface area contributed by atoms with Gasteiger partial charge in [0.15, 0.2) is 0 Å². The van der Waals surface area contributed by atoms with Crippen LogP contribution in [0.4, 0.5) is 0 Å².